The van der Waals surface area contributed by atoms with Crippen molar-refractivity contribution in [3.63, 3.8) is 0 Å². The molecule has 0 fully saturated rings. The normalized spacial score (nSPS) is 10.9. The number of hydrogen-bond acceptors (Lipinski definition) is 3. The van der Waals surface area contributed by atoms with Gasteiger partial charge in [-0.3, -0.25) is 4.79 Å². The van der Waals surface area contributed by atoms with Gasteiger partial charge in [0.05, 0.1) is 17.1 Å². The first-order valence-corrected chi connectivity index (χ1v) is 7.61. The molecule has 0 heterocycles. The van der Waals surface area contributed by atoms with Crippen molar-refractivity contribution in [2.75, 3.05) is 0 Å². The van der Waals surface area contributed by atoms with Crippen LogP contribution in [-0.2, 0) is 11.2 Å². The summed E-state index contributed by atoms with van der Waals surface area (Å²) in [4.78, 5) is 11.9. The molecule has 0 bridgehead atoms. The first-order chi connectivity index (χ1) is 10.5. The number of aryl methyl sites for hydroxylation is 2. The molecule has 2 aromatic rings. The van der Waals surface area contributed by atoms with E-state index in [-0.39, 0.29) is 11.7 Å². The Balaban J connectivity index is 1.94. The zero-order valence-electron chi connectivity index (χ0n) is 12.4. The summed E-state index contributed by atoms with van der Waals surface area (Å²) in [6.45, 7) is 4.02. The highest BCUT2D eigenvalue weighted by Gasteiger charge is 2.05. The number of aromatic hydroxyl groups is 1. The van der Waals surface area contributed by atoms with Crippen LogP contribution < -0.4 is 5.43 Å². The van der Waals surface area contributed by atoms with Crippen LogP contribution in [-0.4, -0.2) is 17.2 Å². The Morgan fingerprint density at radius 2 is 2.05 bits per heavy atom. The van der Waals surface area contributed by atoms with Crippen molar-refractivity contribution >= 4 is 28.1 Å². The van der Waals surface area contributed by atoms with Crippen LogP contribution in [0.3, 0.4) is 0 Å². The molecule has 5 heteroatoms. The standard InChI is InChI=1S/C17H17BrN2O2/c1-11-3-5-14(12(2)7-11)9-17(22)20-19-10-13-4-6-16(21)15(18)8-13/h3-8,10,21H,9H2,1-2H3,(H,20,22)/b19-10+. The van der Waals surface area contributed by atoms with Gasteiger partial charge in [0.25, 0.3) is 0 Å². The molecule has 4 nitrogen and oxygen atoms in total. The van der Waals surface area contributed by atoms with E-state index < -0.39 is 0 Å². The quantitative estimate of drug-likeness (QED) is 0.647. The van der Waals surface area contributed by atoms with E-state index in [0.29, 0.717) is 10.9 Å². The highest BCUT2D eigenvalue weighted by Crippen LogP contribution is 2.23. The van der Waals surface area contributed by atoms with Crippen molar-refractivity contribution in [1.82, 2.24) is 5.43 Å². The Bertz CT molecular complexity index is 727. The number of halogens is 1. The number of phenols is 1. The van der Waals surface area contributed by atoms with Crippen LogP contribution in [0.15, 0.2) is 46.0 Å². The SMILES string of the molecule is Cc1ccc(CC(=O)N/N=C/c2ccc(O)c(Br)c2)c(C)c1. The minimum Gasteiger partial charge on any atom is -0.507 e. The first kappa shape index (κ1) is 16.2. The van der Waals surface area contributed by atoms with Gasteiger partial charge in [-0.2, -0.15) is 5.10 Å². The van der Waals surface area contributed by atoms with Crippen LogP contribution in [0.2, 0.25) is 0 Å². The van der Waals surface area contributed by atoms with E-state index in [1.54, 1.807) is 18.2 Å². The van der Waals surface area contributed by atoms with Crippen molar-refractivity contribution < 1.29 is 9.90 Å². The van der Waals surface area contributed by atoms with Gasteiger partial charge in [-0.1, -0.05) is 23.8 Å². The summed E-state index contributed by atoms with van der Waals surface area (Å²) < 4.78 is 0.582. The number of rotatable bonds is 4. The van der Waals surface area contributed by atoms with Gasteiger partial charge in [-0.05, 0) is 64.7 Å². The van der Waals surface area contributed by atoms with E-state index in [9.17, 15) is 9.90 Å². The maximum absolute atomic E-state index is 11.9. The molecule has 22 heavy (non-hydrogen) atoms. The van der Waals surface area contributed by atoms with Crippen molar-refractivity contribution in [1.29, 1.82) is 0 Å². The molecule has 114 valence electrons. The van der Waals surface area contributed by atoms with Crippen molar-refractivity contribution in [2.24, 2.45) is 5.10 Å². The smallest absolute Gasteiger partial charge is 0.244 e. The highest BCUT2D eigenvalue weighted by atomic mass is 79.9. The van der Waals surface area contributed by atoms with Gasteiger partial charge in [0, 0.05) is 0 Å². The third kappa shape index (κ3) is 4.43. The maximum atomic E-state index is 11.9. The lowest BCUT2D eigenvalue weighted by atomic mass is 10.0. The molecule has 2 rings (SSSR count). The molecule has 0 atom stereocenters. The summed E-state index contributed by atoms with van der Waals surface area (Å²) in [5, 5.41) is 13.3. The molecule has 0 saturated heterocycles. The fourth-order valence-electron chi connectivity index (χ4n) is 2.04. The van der Waals surface area contributed by atoms with E-state index >= 15 is 0 Å². The Hall–Kier alpha value is -2.14. The molecule has 2 aromatic carbocycles. The molecular formula is C17H17BrN2O2. The molecule has 1 amide bonds. The third-order valence-electron chi connectivity index (χ3n) is 3.22. The van der Waals surface area contributed by atoms with Crippen molar-refractivity contribution in [3.8, 4) is 5.75 Å². The number of phenolic OH excluding ortho intramolecular Hbond substituents is 1. The predicted octanol–water partition coefficient (Wildman–Crippen LogP) is 3.46. The van der Waals surface area contributed by atoms with Crippen LogP contribution >= 0.6 is 15.9 Å². The second-order valence-electron chi connectivity index (χ2n) is 5.11. The second-order valence-corrected chi connectivity index (χ2v) is 5.97. The number of carbonyl (C=O) groups excluding carboxylic acids is 1. The summed E-state index contributed by atoms with van der Waals surface area (Å²) in [6.07, 6.45) is 1.83. The van der Waals surface area contributed by atoms with E-state index in [1.807, 2.05) is 26.0 Å². The van der Waals surface area contributed by atoms with Gasteiger partial charge in [0.1, 0.15) is 5.75 Å². The predicted molar refractivity (Wildman–Crippen MR) is 91.2 cm³/mol. The number of carbonyl (C=O) groups is 1. The van der Waals surface area contributed by atoms with Crippen LogP contribution in [0.4, 0.5) is 0 Å². The highest BCUT2D eigenvalue weighted by molar-refractivity contribution is 9.10. The molecule has 0 saturated carbocycles. The Labute approximate surface area is 138 Å². The summed E-state index contributed by atoms with van der Waals surface area (Å²) in [5.41, 5.74) is 6.55. The Morgan fingerprint density at radius 1 is 1.27 bits per heavy atom. The van der Waals surface area contributed by atoms with Gasteiger partial charge in [-0.15, -0.1) is 0 Å². The summed E-state index contributed by atoms with van der Waals surface area (Å²) in [5.74, 6) is -0.00270. The number of amides is 1. The number of hydrazone groups is 1. The number of nitrogens with one attached hydrogen (secondary N) is 1. The average Bonchev–Trinajstić information content (AvgIpc) is 2.46. The van der Waals surface area contributed by atoms with E-state index in [1.165, 1.54) is 11.8 Å². The lowest BCUT2D eigenvalue weighted by molar-refractivity contribution is -0.120. The minimum atomic E-state index is -0.166. The van der Waals surface area contributed by atoms with Crippen molar-refractivity contribution in [2.45, 2.75) is 20.3 Å². The zero-order valence-corrected chi connectivity index (χ0v) is 14.0. The average molecular weight is 361 g/mol. The van der Waals surface area contributed by atoms with Crippen LogP contribution in [0.25, 0.3) is 0 Å². The molecule has 0 spiro atoms. The minimum absolute atomic E-state index is 0.163. The number of benzene rings is 2. The zero-order chi connectivity index (χ0) is 16.1. The fourth-order valence-corrected chi connectivity index (χ4v) is 2.44. The van der Waals surface area contributed by atoms with Gasteiger partial charge < -0.3 is 5.11 Å². The third-order valence-corrected chi connectivity index (χ3v) is 3.86. The number of hydrogen-bond donors (Lipinski definition) is 2. The van der Waals surface area contributed by atoms with Crippen LogP contribution in [0.1, 0.15) is 22.3 Å². The molecule has 0 aromatic heterocycles. The molecule has 0 aliphatic rings. The monoisotopic (exact) mass is 360 g/mol. The molecule has 0 aliphatic heterocycles. The van der Waals surface area contributed by atoms with Crippen molar-refractivity contribution in [3.05, 3.63) is 63.1 Å². The van der Waals surface area contributed by atoms with Gasteiger partial charge in [-0.25, -0.2) is 5.43 Å². The van der Waals surface area contributed by atoms with Gasteiger partial charge in [0.2, 0.25) is 5.91 Å². The van der Waals surface area contributed by atoms with Gasteiger partial charge >= 0.3 is 0 Å². The molecule has 0 aliphatic carbocycles. The van der Waals surface area contributed by atoms with E-state index in [4.69, 9.17) is 0 Å². The van der Waals surface area contributed by atoms with E-state index in [2.05, 4.69) is 32.5 Å². The molecule has 0 unspecified atom stereocenters. The maximum Gasteiger partial charge on any atom is 0.244 e. The molecular weight excluding hydrogens is 344 g/mol. The lowest BCUT2D eigenvalue weighted by Gasteiger charge is -2.05. The summed E-state index contributed by atoms with van der Waals surface area (Å²) in [6, 6.07) is 11.0. The van der Waals surface area contributed by atoms with Gasteiger partial charge in [0.15, 0.2) is 0 Å². The topological polar surface area (TPSA) is 61.7 Å². The fraction of sp³-hybridized carbons (Fsp3) is 0.176. The number of nitrogens with zero attached hydrogens (tertiary/aromatic N) is 1. The molecule has 0 radical (unpaired) electrons. The van der Waals surface area contributed by atoms with Crippen LogP contribution in [0, 0.1) is 13.8 Å². The van der Waals surface area contributed by atoms with E-state index in [0.717, 1.165) is 16.7 Å². The molecule has 2 N–H and O–H groups in total. The largest absolute Gasteiger partial charge is 0.507 e. The Kier molecular flexibility index (Phi) is 5.33. The lowest BCUT2D eigenvalue weighted by Crippen LogP contribution is -2.20. The Morgan fingerprint density at radius 3 is 2.73 bits per heavy atom. The second kappa shape index (κ2) is 7.22. The summed E-state index contributed by atoms with van der Waals surface area (Å²) in [7, 11) is 0. The van der Waals surface area contributed by atoms with Crippen LogP contribution in [0.5, 0.6) is 5.75 Å². The summed E-state index contributed by atoms with van der Waals surface area (Å²) >= 11 is 3.23. The first-order valence-electron chi connectivity index (χ1n) is 6.82.